The lowest BCUT2D eigenvalue weighted by atomic mass is 10.0. The second-order valence-electron chi connectivity index (χ2n) is 3.12. The molecule has 1 aromatic rings. The molecule has 2 atom stereocenters. The highest BCUT2D eigenvalue weighted by Gasteiger charge is 2.35. The van der Waals surface area contributed by atoms with Crippen LogP contribution in [-0.4, -0.2) is 17.2 Å². The van der Waals surface area contributed by atoms with Crippen LogP contribution < -0.4 is 5.32 Å². The zero-order chi connectivity index (χ0) is 10.1. The van der Waals surface area contributed by atoms with E-state index in [2.05, 4.69) is 5.32 Å². The number of rotatable bonds is 2. The van der Waals surface area contributed by atoms with Gasteiger partial charge in [-0.1, -0.05) is 13.0 Å². The normalized spacial score (nSPS) is 23.1. The molecule has 14 heavy (non-hydrogen) atoms. The van der Waals surface area contributed by atoms with Gasteiger partial charge in [0.15, 0.2) is 6.10 Å². The topological polar surface area (TPSA) is 38.3 Å². The van der Waals surface area contributed by atoms with E-state index in [0.29, 0.717) is 0 Å². The molecule has 2 rings (SSSR count). The monoisotopic (exact) mass is 227 g/mol. The maximum Gasteiger partial charge on any atom is 0.269 e. The number of thiophene rings is 1. The summed E-state index contributed by atoms with van der Waals surface area (Å²) in [6.45, 7) is 1.96. The van der Waals surface area contributed by atoms with Crippen LogP contribution in [0.15, 0.2) is 17.5 Å². The number of carbonyl (C=O) groups is 1. The molecule has 1 aliphatic heterocycles. The van der Waals surface area contributed by atoms with Gasteiger partial charge in [0, 0.05) is 10.8 Å². The van der Waals surface area contributed by atoms with Crippen molar-refractivity contribution in [2.45, 2.75) is 18.9 Å². The van der Waals surface area contributed by atoms with Crippen LogP contribution in [0, 0.1) is 0 Å². The number of thiocarbonyl (C=S) groups is 1. The van der Waals surface area contributed by atoms with E-state index in [4.69, 9.17) is 17.0 Å². The molecule has 74 valence electrons. The molecule has 2 unspecified atom stereocenters. The van der Waals surface area contributed by atoms with Gasteiger partial charge in [-0.05, 0) is 23.7 Å². The highest BCUT2D eigenvalue weighted by Crippen LogP contribution is 2.27. The van der Waals surface area contributed by atoms with Gasteiger partial charge in [0.05, 0.1) is 0 Å². The summed E-state index contributed by atoms with van der Waals surface area (Å²) in [6.07, 6.45) is -0.471. The van der Waals surface area contributed by atoms with E-state index >= 15 is 0 Å². The van der Waals surface area contributed by atoms with Crippen molar-refractivity contribution in [1.82, 2.24) is 5.32 Å². The average molecular weight is 227 g/mol. The summed E-state index contributed by atoms with van der Waals surface area (Å²) in [5, 5.41) is 4.65. The fourth-order valence-corrected chi connectivity index (χ4v) is 2.41. The molecule has 0 radical (unpaired) electrons. The van der Waals surface area contributed by atoms with E-state index in [1.54, 1.807) is 11.3 Å². The van der Waals surface area contributed by atoms with Gasteiger partial charge in [0.2, 0.25) is 0 Å². The second-order valence-corrected chi connectivity index (χ2v) is 4.47. The van der Waals surface area contributed by atoms with Crippen LogP contribution in [0.2, 0.25) is 0 Å². The number of amides is 1. The summed E-state index contributed by atoms with van der Waals surface area (Å²) < 4.78 is 5.24. The lowest BCUT2D eigenvalue weighted by molar-refractivity contribution is -0.124. The second kappa shape index (κ2) is 3.67. The zero-order valence-corrected chi connectivity index (χ0v) is 9.15. The Morgan fingerprint density at radius 2 is 2.50 bits per heavy atom. The van der Waals surface area contributed by atoms with Crippen LogP contribution >= 0.6 is 23.6 Å². The van der Waals surface area contributed by atoms with Crippen molar-refractivity contribution in [3.8, 4) is 0 Å². The van der Waals surface area contributed by atoms with Crippen LogP contribution in [0.5, 0.6) is 0 Å². The SMILES string of the molecule is CC(c1cccs1)C1OC(=S)NC1=O. The van der Waals surface area contributed by atoms with Gasteiger partial charge in [-0.25, -0.2) is 0 Å². The molecular formula is C9H9NO2S2. The Labute approximate surface area is 91.1 Å². The van der Waals surface area contributed by atoms with E-state index in [9.17, 15) is 4.79 Å². The molecule has 0 spiro atoms. The minimum atomic E-state index is -0.471. The molecule has 1 N–H and O–H groups in total. The van der Waals surface area contributed by atoms with Crippen LogP contribution in [0.3, 0.4) is 0 Å². The maximum atomic E-state index is 11.4. The Hall–Kier alpha value is -0.940. The Kier molecular flexibility index (Phi) is 2.52. The van der Waals surface area contributed by atoms with Gasteiger partial charge in [-0.3, -0.25) is 10.1 Å². The van der Waals surface area contributed by atoms with Crippen molar-refractivity contribution < 1.29 is 9.53 Å². The lowest BCUT2D eigenvalue weighted by Crippen LogP contribution is -2.27. The largest absolute Gasteiger partial charge is 0.457 e. The molecule has 5 heteroatoms. The van der Waals surface area contributed by atoms with E-state index in [1.165, 1.54) is 0 Å². The quantitative estimate of drug-likeness (QED) is 0.781. The number of hydrogen-bond donors (Lipinski definition) is 1. The van der Waals surface area contributed by atoms with Gasteiger partial charge < -0.3 is 4.74 Å². The summed E-state index contributed by atoms with van der Waals surface area (Å²) in [6, 6.07) is 3.95. The summed E-state index contributed by atoms with van der Waals surface area (Å²) >= 11 is 6.39. The smallest absolute Gasteiger partial charge is 0.269 e. The third-order valence-electron chi connectivity index (χ3n) is 2.16. The van der Waals surface area contributed by atoms with Crippen molar-refractivity contribution in [2.24, 2.45) is 0 Å². The summed E-state index contributed by atoms with van der Waals surface area (Å²) in [5.74, 6) is -0.0913. The standard InChI is InChI=1S/C9H9NO2S2/c1-5(6-3-2-4-14-6)7-8(11)10-9(13)12-7/h2-5,7H,1H3,(H,10,11,13). The molecule has 3 nitrogen and oxygen atoms in total. The van der Waals surface area contributed by atoms with Crippen molar-refractivity contribution in [3.05, 3.63) is 22.4 Å². The summed E-state index contributed by atoms with van der Waals surface area (Å²) in [4.78, 5) is 12.5. The predicted molar refractivity (Wildman–Crippen MR) is 58.3 cm³/mol. The average Bonchev–Trinajstić information content (AvgIpc) is 2.73. The van der Waals surface area contributed by atoms with E-state index in [0.717, 1.165) is 4.88 Å². The van der Waals surface area contributed by atoms with Crippen molar-refractivity contribution in [1.29, 1.82) is 0 Å². The van der Waals surface area contributed by atoms with Gasteiger partial charge in [-0.15, -0.1) is 11.3 Å². The number of nitrogens with one attached hydrogen (secondary N) is 1. The molecule has 1 aliphatic rings. The third kappa shape index (κ3) is 1.65. The molecule has 0 aromatic carbocycles. The summed E-state index contributed by atoms with van der Waals surface area (Å²) in [7, 11) is 0. The fraction of sp³-hybridized carbons (Fsp3) is 0.333. The summed E-state index contributed by atoms with van der Waals surface area (Å²) in [5.41, 5.74) is 0. The first kappa shape index (κ1) is 9.61. The Morgan fingerprint density at radius 3 is 3.00 bits per heavy atom. The van der Waals surface area contributed by atoms with Crippen LogP contribution in [-0.2, 0) is 9.53 Å². The molecule has 1 aromatic heterocycles. The molecule has 0 aliphatic carbocycles. The van der Waals surface area contributed by atoms with Crippen molar-refractivity contribution in [3.63, 3.8) is 0 Å². The molecule has 0 saturated carbocycles. The predicted octanol–water partition coefficient (Wildman–Crippen LogP) is 1.65. The Morgan fingerprint density at radius 1 is 1.71 bits per heavy atom. The number of ether oxygens (including phenoxy) is 1. The zero-order valence-electron chi connectivity index (χ0n) is 7.52. The maximum absolute atomic E-state index is 11.4. The van der Waals surface area contributed by atoms with Crippen molar-refractivity contribution in [2.75, 3.05) is 0 Å². The molecule has 1 amide bonds. The van der Waals surface area contributed by atoms with Crippen LogP contribution in [0.1, 0.15) is 17.7 Å². The van der Waals surface area contributed by atoms with Crippen LogP contribution in [0.25, 0.3) is 0 Å². The number of carbonyl (C=O) groups excluding carboxylic acids is 1. The first-order valence-corrected chi connectivity index (χ1v) is 5.52. The molecule has 1 saturated heterocycles. The molecule has 1 fully saturated rings. The van der Waals surface area contributed by atoms with Gasteiger partial charge >= 0.3 is 0 Å². The molecular weight excluding hydrogens is 218 g/mol. The van der Waals surface area contributed by atoms with Crippen molar-refractivity contribution >= 4 is 34.6 Å². The molecule has 2 heterocycles. The highest BCUT2D eigenvalue weighted by molar-refractivity contribution is 7.80. The highest BCUT2D eigenvalue weighted by atomic mass is 32.1. The van der Waals surface area contributed by atoms with Gasteiger partial charge in [-0.2, -0.15) is 0 Å². The van der Waals surface area contributed by atoms with Gasteiger partial charge in [0.1, 0.15) is 0 Å². The van der Waals surface area contributed by atoms with E-state index < -0.39 is 6.10 Å². The first-order valence-electron chi connectivity index (χ1n) is 4.23. The van der Waals surface area contributed by atoms with E-state index in [-0.39, 0.29) is 17.0 Å². The minimum Gasteiger partial charge on any atom is -0.457 e. The minimum absolute atomic E-state index is 0.0513. The van der Waals surface area contributed by atoms with E-state index in [1.807, 2.05) is 24.4 Å². The lowest BCUT2D eigenvalue weighted by Gasteiger charge is -2.13. The van der Waals surface area contributed by atoms with Gasteiger partial charge in [0.25, 0.3) is 11.1 Å². The third-order valence-corrected chi connectivity index (χ3v) is 3.44. The fourth-order valence-electron chi connectivity index (χ4n) is 1.40. The number of hydrogen-bond acceptors (Lipinski definition) is 4. The van der Waals surface area contributed by atoms with Crippen LogP contribution in [0.4, 0.5) is 0 Å². The molecule has 0 bridgehead atoms. The first-order chi connectivity index (χ1) is 6.68. The Balaban J connectivity index is 2.16. The Bertz CT molecular complexity index is 361.